The van der Waals surface area contributed by atoms with Gasteiger partial charge in [-0.2, -0.15) is 0 Å². The topological polar surface area (TPSA) is 75.5 Å². The molecular formula is C10H14ClN3O3. The van der Waals surface area contributed by atoms with Crippen LogP contribution in [0.25, 0.3) is 0 Å². The number of aromatic carboxylic acids is 1. The second-order valence-corrected chi connectivity index (χ2v) is 3.68. The highest BCUT2D eigenvalue weighted by Gasteiger charge is 2.24. The molecule has 0 spiro atoms. The molecule has 1 N–H and O–H groups in total. The van der Waals surface area contributed by atoms with Gasteiger partial charge >= 0.3 is 5.97 Å². The zero-order chi connectivity index (χ0) is 11.5. The summed E-state index contributed by atoms with van der Waals surface area (Å²) in [7, 11) is 1.95. The van der Waals surface area contributed by atoms with Gasteiger partial charge in [-0.05, 0) is 13.1 Å². The summed E-state index contributed by atoms with van der Waals surface area (Å²) in [4.78, 5) is 21.0. The summed E-state index contributed by atoms with van der Waals surface area (Å²) >= 11 is 0. The Morgan fingerprint density at radius 3 is 3.06 bits per heavy atom. The molecule has 6 nitrogen and oxygen atoms in total. The SMILES string of the molecule is CN1CCOCC1c1nccc(C(=O)O)n1.Cl. The maximum atomic E-state index is 10.8. The Kier molecular flexibility index (Phi) is 4.80. The van der Waals surface area contributed by atoms with Crippen LogP contribution in [0.4, 0.5) is 0 Å². The van der Waals surface area contributed by atoms with Gasteiger partial charge in [0.1, 0.15) is 5.82 Å². The molecule has 0 bridgehead atoms. The standard InChI is InChI=1S/C10H13N3O3.ClH/c1-13-4-5-16-6-8(13)9-11-3-2-7(12-9)10(14)15;/h2-3,8H,4-6H2,1H3,(H,14,15);1H. The molecule has 1 atom stereocenters. The molecule has 1 fully saturated rings. The zero-order valence-corrected chi connectivity index (χ0v) is 10.2. The van der Waals surface area contributed by atoms with Gasteiger partial charge in [-0.1, -0.05) is 0 Å². The number of hydrogen-bond acceptors (Lipinski definition) is 5. The number of carboxylic acids is 1. The van der Waals surface area contributed by atoms with E-state index < -0.39 is 5.97 Å². The van der Waals surface area contributed by atoms with Crippen LogP contribution in [0.15, 0.2) is 12.3 Å². The molecule has 0 aliphatic carbocycles. The average Bonchev–Trinajstić information content (AvgIpc) is 2.30. The fourth-order valence-corrected chi connectivity index (χ4v) is 1.61. The van der Waals surface area contributed by atoms with Crippen LogP contribution < -0.4 is 0 Å². The number of carboxylic acid groups (broad SMARTS) is 1. The first-order valence-electron chi connectivity index (χ1n) is 5.02. The van der Waals surface area contributed by atoms with E-state index in [-0.39, 0.29) is 24.1 Å². The van der Waals surface area contributed by atoms with Crippen molar-refractivity contribution in [3.63, 3.8) is 0 Å². The largest absolute Gasteiger partial charge is 0.477 e. The number of nitrogens with zero attached hydrogens (tertiary/aromatic N) is 3. The van der Waals surface area contributed by atoms with Gasteiger partial charge in [0.05, 0.1) is 19.3 Å². The lowest BCUT2D eigenvalue weighted by Gasteiger charge is -2.31. The quantitative estimate of drug-likeness (QED) is 0.838. The first-order chi connectivity index (χ1) is 7.68. The van der Waals surface area contributed by atoms with E-state index in [0.29, 0.717) is 19.0 Å². The molecule has 0 aromatic carbocycles. The Morgan fingerprint density at radius 1 is 1.65 bits per heavy atom. The van der Waals surface area contributed by atoms with Gasteiger partial charge in [-0.3, -0.25) is 4.90 Å². The Labute approximate surface area is 105 Å². The third kappa shape index (κ3) is 3.12. The minimum absolute atomic E-state index is 0. The van der Waals surface area contributed by atoms with Crippen LogP contribution in [-0.2, 0) is 4.74 Å². The maximum Gasteiger partial charge on any atom is 0.354 e. The molecule has 2 heterocycles. The lowest BCUT2D eigenvalue weighted by molar-refractivity contribution is 0.00168. The molecule has 1 aliphatic rings. The van der Waals surface area contributed by atoms with E-state index in [1.54, 1.807) is 0 Å². The molecule has 0 radical (unpaired) electrons. The first kappa shape index (κ1) is 13.8. The summed E-state index contributed by atoms with van der Waals surface area (Å²) in [6.45, 7) is 1.98. The van der Waals surface area contributed by atoms with Gasteiger partial charge in [-0.25, -0.2) is 14.8 Å². The molecule has 0 saturated carbocycles. The van der Waals surface area contributed by atoms with E-state index in [1.807, 2.05) is 7.05 Å². The van der Waals surface area contributed by atoms with Gasteiger partial charge in [-0.15, -0.1) is 12.4 Å². The van der Waals surface area contributed by atoms with E-state index in [1.165, 1.54) is 12.3 Å². The Morgan fingerprint density at radius 2 is 2.41 bits per heavy atom. The molecule has 1 saturated heterocycles. The highest BCUT2D eigenvalue weighted by molar-refractivity contribution is 5.85. The lowest BCUT2D eigenvalue weighted by Crippen LogP contribution is -2.37. The number of rotatable bonds is 2. The average molecular weight is 260 g/mol. The lowest BCUT2D eigenvalue weighted by atomic mass is 10.2. The highest BCUT2D eigenvalue weighted by atomic mass is 35.5. The van der Waals surface area contributed by atoms with Gasteiger partial charge in [0.2, 0.25) is 0 Å². The van der Waals surface area contributed by atoms with Crippen LogP contribution in [0, 0.1) is 0 Å². The predicted molar refractivity (Wildman–Crippen MR) is 62.4 cm³/mol. The second-order valence-electron chi connectivity index (χ2n) is 3.68. The minimum Gasteiger partial charge on any atom is -0.477 e. The van der Waals surface area contributed by atoms with Crippen LogP contribution in [0.1, 0.15) is 22.4 Å². The highest BCUT2D eigenvalue weighted by Crippen LogP contribution is 2.18. The van der Waals surface area contributed by atoms with Gasteiger partial charge in [0, 0.05) is 12.7 Å². The number of carbonyl (C=O) groups is 1. The number of likely N-dealkylation sites (N-methyl/N-ethyl adjacent to an activating group) is 1. The number of halogens is 1. The van der Waals surface area contributed by atoms with Crippen molar-refractivity contribution in [2.75, 3.05) is 26.8 Å². The molecule has 2 rings (SSSR count). The van der Waals surface area contributed by atoms with Crippen molar-refractivity contribution in [3.8, 4) is 0 Å². The Hall–Kier alpha value is -1.24. The van der Waals surface area contributed by atoms with E-state index in [2.05, 4.69) is 14.9 Å². The van der Waals surface area contributed by atoms with Crippen molar-refractivity contribution in [1.82, 2.24) is 14.9 Å². The van der Waals surface area contributed by atoms with Crippen LogP contribution in [0.2, 0.25) is 0 Å². The van der Waals surface area contributed by atoms with Gasteiger partial charge in [0.25, 0.3) is 0 Å². The summed E-state index contributed by atoms with van der Waals surface area (Å²) in [6, 6.07) is 1.32. The summed E-state index contributed by atoms with van der Waals surface area (Å²) < 4.78 is 5.34. The molecule has 94 valence electrons. The van der Waals surface area contributed by atoms with Gasteiger partial charge in [0.15, 0.2) is 5.69 Å². The van der Waals surface area contributed by atoms with Crippen molar-refractivity contribution in [2.45, 2.75) is 6.04 Å². The Balaban J connectivity index is 0.00000144. The van der Waals surface area contributed by atoms with Crippen molar-refractivity contribution in [1.29, 1.82) is 0 Å². The predicted octanol–water partition coefficient (Wildman–Crippen LogP) is 0.600. The molecule has 0 amide bonds. The fourth-order valence-electron chi connectivity index (χ4n) is 1.61. The van der Waals surface area contributed by atoms with Crippen molar-refractivity contribution < 1.29 is 14.6 Å². The van der Waals surface area contributed by atoms with E-state index in [0.717, 1.165) is 6.54 Å². The van der Waals surface area contributed by atoms with Crippen LogP contribution in [0.3, 0.4) is 0 Å². The normalized spacial score (nSPS) is 20.6. The van der Waals surface area contributed by atoms with Crippen LogP contribution >= 0.6 is 12.4 Å². The smallest absolute Gasteiger partial charge is 0.354 e. The zero-order valence-electron chi connectivity index (χ0n) is 9.37. The molecule has 1 aliphatic heterocycles. The van der Waals surface area contributed by atoms with E-state index in [9.17, 15) is 4.79 Å². The number of aromatic nitrogens is 2. The number of ether oxygens (including phenoxy) is 1. The third-order valence-electron chi connectivity index (χ3n) is 2.59. The van der Waals surface area contributed by atoms with Crippen LogP contribution in [-0.4, -0.2) is 52.7 Å². The molecule has 17 heavy (non-hydrogen) atoms. The molecule has 7 heteroatoms. The second kappa shape index (κ2) is 5.90. The number of hydrogen-bond donors (Lipinski definition) is 1. The van der Waals surface area contributed by atoms with Crippen molar-refractivity contribution >= 4 is 18.4 Å². The van der Waals surface area contributed by atoms with E-state index >= 15 is 0 Å². The number of morpholine rings is 1. The maximum absolute atomic E-state index is 10.8. The molecule has 1 aromatic rings. The minimum atomic E-state index is -1.04. The van der Waals surface area contributed by atoms with Crippen LogP contribution in [0.5, 0.6) is 0 Å². The first-order valence-corrected chi connectivity index (χ1v) is 5.02. The summed E-state index contributed by atoms with van der Waals surface area (Å²) in [6.07, 6.45) is 1.47. The molecule has 1 unspecified atom stereocenters. The Bertz CT molecular complexity index is 402. The fraction of sp³-hybridized carbons (Fsp3) is 0.500. The third-order valence-corrected chi connectivity index (χ3v) is 2.59. The van der Waals surface area contributed by atoms with Gasteiger partial charge < -0.3 is 9.84 Å². The van der Waals surface area contributed by atoms with Crippen molar-refractivity contribution in [3.05, 3.63) is 23.8 Å². The monoisotopic (exact) mass is 259 g/mol. The van der Waals surface area contributed by atoms with E-state index in [4.69, 9.17) is 9.84 Å². The summed E-state index contributed by atoms with van der Waals surface area (Å²) in [5.41, 5.74) is 0.0176. The molecule has 1 aromatic heterocycles. The van der Waals surface area contributed by atoms with Crippen molar-refractivity contribution in [2.24, 2.45) is 0 Å². The molecular weight excluding hydrogens is 246 g/mol. The summed E-state index contributed by atoms with van der Waals surface area (Å²) in [5, 5.41) is 8.84. The summed E-state index contributed by atoms with van der Waals surface area (Å²) in [5.74, 6) is -0.537.